The Labute approximate surface area is 156 Å². The predicted octanol–water partition coefficient (Wildman–Crippen LogP) is 3.42. The Bertz CT molecular complexity index is 1090. The molecule has 138 valence electrons. The van der Waals surface area contributed by atoms with Crippen LogP contribution in [0.15, 0.2) is 30.9 Å². The average Bonchev–Trinajstić information content (AvgIpc) is 3.34. The topological polar surface area (TPSA) is 93.0 Å². The number of ether oxygens (including phenoxy) is 1. The quantitative estimate of drug-likeness (QED) is 0.577. The van der Waals surface area contributed by atoms with Crippen molar-refractivity contribution in [3.8, 4) is 17.0 Å². The smallest absolute Gasteiger partial charge is 0.228 e. The van der Waals surface area contributed by atoms with E-state index in [0.29, 0.717) is 17.9 Å². The molecule has 0 atom stereocenters. The van der Waals surface area contributed by atoms with Gasteiger partial charge in [-0.15, -0.1) is 0 Å². The van der Waals surface area contributed by atoms with Crippen molar-refractivity contribution in [3.63, 3.8) is 0 Å². The summed E-state index contributed by atoms with van der Waals surface area (Å²) in [5, 5.41) is 8.55. The molecular weight excluding hydrogens is 342 g/mol. The van der Waals surface area contributed by atoms with Crippen LogP contribution >= 0.6 is 0 Å². The number of H-pyrrole nitrogens is 1. The molecule has 0 unspecified atom stereocenters. The number of rotatable bonds is 4. The summed E-state index contributed by atoms with van der Waals surface area (Å²) >= 11 is 0. The first-order valence-electron chi connectivity index (χ1n) is 9.31. The lowest BCUT2D eigenvalue weighted by Gasteiger charge is -2.22. The molecular formula is C19H21N7O. The van der Waals surface area contributed by atoms with Crippen LogP contribution in [0.3, 0.4) is 0 Å². The first-order chi connectivity index (χ1) is 13.3. The number of aromatic nitrogens is 6. The van der Waals surface area contributed by atoms with E-state index in [1.165, 1.54) is 19.3 Å². The zero-order chi connectivity index (χ0) is 18.2. The van der Waals surface area contributed by atoms with Crippen molar-refractivity contribution in [3.05, 3.63) is 30.9 Å². The molecule has 1 fully saturated rings. The van der Waals surface area contributed by atoms with E-state index in [-0.39, 0.29) is 0 Å². The van der Waals surface area contributed by atoms with Gasteiger partial charge < -0.3 is 15.0 Å². The number of hydrogen-bond acceptors (Lipinski definition) is 6. The van der Waals surface area contributed by atoms with E-state index in [1.807, 2.05) is 24.5 Å². The zero-order valence-corrected chi connectivity index (χ0v) is 15.1. The maximum Gasteiger partial charge on any atom is 0.228 e. The van der Waals surface area contributed by atoms with E-state index < -0.39 is 0 Å². The number of hydrogen-bond donors (Lipinski definition) is 2. The first kappa shape index (κ1) is 16.0. The number of fused-ring (bicyclic) bond motifs is 2. The highest BCUT2D eigenvalue weighted by molar-refractivity contribution is 5.97. The van der Waals surface area contributed by atoms with Gasteiger partial charge in [-0.2, -0.15) is 15.1 Å². The van der Waals surface area contributed by atoms with Crippen LogP contribution in [0.5, 0.6) is 5.88 Å². The van der Waals surface area contributed by atoms with Gasteiger partial charge in [0.15, 0.2) is 5.65 Å². The molecule has 5 rings (SSSR count). The van der Waals surface area contributed by atoms with Gasteiger partial charge >= 0.3 is 0 Å². The molecule has 4 aromatic rings. The Hall–Kier alpha value is -3.16. The average molecular weight is 363 g/mol. The van der Waals surface area contributed by atoms with E-state index in [4.69, 9.17) is 4.74 Å². The summed E-state index contributed by atoms with van der Waals surface area (Å²) in [6, 6.07) is 4.39. The third-order valence-corrected chi connectivity index (χ3v) is 5.22. The normalized spacial score (nSPS) is 15.4. The van der Waals surface area contributed by atoms with Crippen molar-refractivity contribution in [2.75, 3.05) is 12.4 Å². The second-order valence-corrected chi connectivity index (χ2v) is 6.94. The molecule has 4 heterocycles. The molecule has 0 saturated heterocycles. The molecule has 0 spiro atoms. The van der Waals surface area contributed by atoms with Gasteiger partial charge in [-0.25, -0.2) is 9.50 Å². The fraction of sp³-hybridized carbons (Fsp3) is 0.368. The van der Waals surface area contributed by atoms with E-state index in [2.05, 4.69) is 30.4 Å². The maximum absolute atomic E-state index is 5.60. The van der Waals surface area contributed by atoms with Gasteiger partial charge in [0.05, 0.1) is 12.5 Å². The third-order valence-electron chi connectivity index (χ3n) is 5.22. The fourth-order valence-electron chi connectivity index (χ4n) is 3.85. The standard InChI is InChI=1S/C19H21N7O/c1-27-18-16-14(12-7-8-15-21-11-22-26(15)10-12)9-20-17(16)24-19(25-18)23-13-5-3-2-4-6-13/h7-11,13H,2-6H2,1H3,(H2,20,23,24,25). The number of pyridine rings is 1. The molecule has 0 aromatic carbocycles. The highest BCUT2D eigenvalue weighted by Gasteiger charge is 2.19. The number of methoxy groups -OCH3 is 1. The molecule has 0 bridgehead atoms. The van der Waals surface area contributed by atoms with E-state index in [1.54, 1.807) is 18.0 Å². The molecule has 1 aliphatic rings. The second kappa shape index (κ2) is 6.53. The minimum Gasteiger partial charge on any atom is -0.480 e. The lowest BCUT2D eigenvalue weighted by atomic mass is 9.96. The molecule has 8 heteroatoms. The van der Waals surface area contributed by atoms with E-state index in [0.717, 1.165) is 40.6 Å². The monoisotopic (exact) mass is 363 g/mol. The van der Waals surface area contributed by atoms with Gasteiger partial charge in [0, 0.05) is 29.6 Å². The van der Waals surface area contributed by atoms with Gasteiger partial charge in [-0.05, 0) is 25.0 Å². The Morgan fingerprint density at radius 2 is 2.07 bits per heavy atom. The highest BCUT2D eigenvalue weighted by atomic mass is 16.5. The molecule has 2 N–H and O–H groups in total. The number of nitrogens with zero attached hydrogens (tertiary/aromatic N) is 5. The minimum atomic E-state index is 0.435. The van der Waals surface area contributed by atoms with Crippen LogP contribution in [-0.4, -0.2) is 42.7 Å². The Kier molecular flexibility index (Phi) is 3.88. The molecule has 0 amide bonds. The van der Waals surface area contributed by atoms with Gasteiger partial charge in [0.2, 0.25) is 11.8 Å². The summed E-state index contributed by atoms with van der Waals surface area (Å²) in [5.41, 5.74) is 3.53. The molecule has 1 aliphatic carbocycles. The van der Waals surface area contributed by atoms with Crippen molar-refractivity contribution in [1.82, 2.24) is 29.5 Å². The Morgan fingerprint density at radius 3 is 2.93 bits per heavy atom. The highest BCUT2D eigenvalue weighted by Crippen LogP contribution is 2.34. The summed E-state index contributed by atoms with van der Waals surface area (Å²) in [5.74, 6) is 1.18. The number of aromatic amines is 1. The summed E-state index contributed by atoms with van der Waals surface area (Å²) < 4.78 is 7.35. The number of nitrogens with one attached hydrogen (secondary N) is 2. The van der Waals surface area contributed by atoms with E-state index in [9.17, 15) is 0 Å². The second-order valence-electron chi connectivity index (χ2n) is 6.94. The Morgan fingerprint density at radius 1 is 1.19 bits per heavy atom. The van der Waals surface area contributed by atoms with Gasteiger partial charge in [0.25, 0.3) is 0 Å². The van der Waals surface area contributed by atoms with Crippen molar-refractivity contribution < 1.29 is 4.74 Å². The maximum atomic E-state index is 5.60. The summed E-state index contributed by atoms with van der Waals surface area (Å²) in [7, 11) is 1.64. The molecule has 8 nitrogen and oxygen atoms in total. The van der Waals surface area contributed by atoms with Crippen molar-refractivity contribution in [2.45, 2.75) is 38.1 Å². The predicted molar refractivity (Wildman–Crippen MR) is 103 cm³/mol. The van der Waals surface area contributed by atoms with Crippen molar-refractivity contribution >= 4 is 22.6 Å². The molecule has 0 radical (unpaired) electrons. The number of anilines is 1. The van der Waals surface area contributed by atoms with Gasteiger partial charge in [-0.1, -0.05) is 19.3 Å². The van der Waals surface area contributed by atoms with Crippen LogP contribution in [0.2, 0.25) is 0 Å². The van der Waals surface area contributed by atoms with Crippen LogP contribution in [0.25, 0.3) is 27.8 Å². The SMILES string of the molecule is COc1nc(NC2CCCCC2)nc2[nH]cc(-c3ccc4ncnn4c3)c12. The van der Waals surface area contributed by atoms with E-state index >= 15 is 0 Å². The van der Waals surface area contributed by atoms with Crippen molar-refractivity contribution in [2.24, 2.45) is 0 Å². The lowest BCUT2D eigenvalue weighted by molar-refractivity contribution is 0.402. The molecule has 27 heavy (non-hydrogen) atoms. The molecule has 4 aromatic heterocycles. The summed E-state index contributed by atoms with van der Waals surface area (Å²) in [6.45, 7) is 0. The van der Waals surface area contributed by atoms with Crippen LogP contribution in [-0.2, 0) is 0 Å². The van der Waals surface area contributed by atoms with Crippen molar-refractivity contribution in [1.29, 1.82) is 0 Å². The largest absolute Gasteiger partial charge is 0.480 e. The molecule has 0 aliphatic heterocycles. The first-order valence-corrected chi connectivity index (χ1v) is 9.31. The van der Waals surface area contributed by atoms with Crippen LogP contribution in [0.4, 0.5) is 5.95 Å². The summed E-state index contributed by atoms with van der Waals surface area (Å²) in [4.78, 5) is 16.8. The lowest BCUT2D eigenvalue weighted by Crippen LogP contribution is -2.23. The van der Waals surface area contributed by atoms with Gasteiger partial charge in [-0.3, -0.25) is 0 Å². The summed E-state index contributed by atoms with van der Waals surface area (Å²) in [6.07, 6.45) is 11.6. The fourth-order valence-corrected chi connectivity index (χ4v) is 3.85. The van der Waals surface area contributed by atoms with Crippen LogP contribution in [0, 0.1) is 0 Å². The third kappa shape index (κ3) is 2.87. The zero-order valence-electron chi connectivity index (χ0n) is 15.1. The molecule has 1 saturated carbocycles. The van der Waals surface area contributed by atoms with Crippen LogP contribution < -0.4 is 10.1 Å². The Balaban J connectivity index is 1.56. The minimum absolute atomic E-state index is 0.435. The van der Waals surface area contributed by atoms with Crippen LogP contribution in [0.1, 0.15) is 32.1 Å². The van der Waals surface area contributed by atoms with Gasteiger partial charge in [0.1, 0.15) is 12.0 Å².